The molecule has 0 spiro atoms. The molecule has 8 nitrogen and oxygen atoms in total. The zero-order valence-corrected chi connectivity index (χ0v) is 18.8. The zero-order chi connectivity index (χ0) is 22.7. The molecule has 0 aliphatic carbocycles. The van der Waals surface area contributed by atoms with Crippen LogP contribution in [0.2, 0.25) is 0 Å². The highest BCUT2D eigenvalue weighted by Gasteiger charge is 2.34. The number of aryl methyl sites for hydroxylation is 2. The van der Waals surface area contributed by atoms with Crippen molar-refractivity contribution in [2.45, 2.75) is 46.6 Å². The maximum Gasteiger partial charge on any atom is 0.255 e. The van der Waals surface area contributed by atoms with Crippen LogP contribution in [0.3, 0.4) is 0 Å². The van der Waals surface area contributed by atoms with E-state index < -0.39 is 6.04 Å². The highest BCUT2D eigenvalue weighted by molar-refractivity contribution is 6.06. The number of anilines is 2. The first-order valence-electron chi connectivity index (χ1n) is 10.8. The van der Waals surface area contributed by atoms with Gasteiger partial charge in [-0.05, 0) is 66.9 Å². The number of nitrogens with zero attached hydrogens (tertiary/aromatic N) is 4. The Bertz CT molecular complexity index is 1150. The lowest BCUT2D eigenvalue weighted by atomic mass is 9.94. The molecule has 1 aromatic heterocycles. The van der Waals surface area contributed by atoms with Gasteiger partial charge in [-0.2, -0.15) is 4.68 Å². The predicted molar refractivity (Wildman–Crippen MR) is 124 cm³/mol. The van der Waals surface area contributed by atoms with Gasteiger partial charge in [-0.1, -0.05) is 48.3 Å². The highest BCUT2D eigenvalue weighted by Crippen LogP contribution is 2.35. The Morgan fingerprint density at radius 3 is 2.66 bits per heavy atom. The molecule has 8 heteroatoms. The maximum absolute atomic E-state index is 13.5. The van der Waals surface area contributed by atoms with Crippen molar-refractivity contribution >= 4 is 17.5 Å². The molecular weight excluding hydrogens is 404 g/mol. The van der Waals surface area contributed by atoms with E-state index in [1.807, 2.05) is 63.2 Å². The van der Waals surface area contributed by atoms with Crippen LogP contribution < -0.4 is 15.4 Å². The Hall–Kier alpha value is -3.68. The summed E-state index contributed by atoms with van der Waals surface area (Å²) in [6.45, 7) is 8.69. The molecule has 2 heterocycles. The Kier molecular flexibility index (Phi) is 6.20. The van der Waals surface area contributed by atoms with E-state index in [-0.39, 0.29) is 5.91 Å². The SMILES string of the molecule is CCCCOc1ccc(C2C(C(=O)Nc3ccc(C)cc3C)=C(C)Nc3nnnn32)cc1. The summed E-state index contributed by atoms with van der Waals surface area (Å²) in [6.07, 6.45) is 2.09. The van der Waals surface area contributed by atoms with E-state index in [2.05, 4.69) is 33.1 Å². The number of nitrogens with one attached hydrogen (secondary N) is 2. The first kappa shape index (κ1) is 21.5. The van der Waals surface area contributed by atoms with Gasteiger partial charge in [0.05, 0.1) is 12.2 Å². The fraction of sp³-hybridized carbons (Fsp3) is 0.333. The Morgan fingerprint density at radius 1 is 1.16 bits per heavy atom. The molecular formula is C24H28N6O2. The van der Waals surface area contributed by atoms with Crippen molar-refractivity contribution in [3.63, 3.8) is 0 Å². The summed E-state index contributed by atoms with van der Waals surface area (Å²) in [7, 11) is 0. The Labute approximate surface area is 187 Å². The summed E-state index contributed by atoms with van der Waals surface area (Å²) in [6, 6.07) is 13.3. The summed E-state index contributed by atoms with van der Waals surface area (Å²) in [4.78, 5) is 13.5. The van der Waals surface area contributed by atoms with E-state index in [4.69, 9.17) is 4.74 Å². The topological polar surface area (TPSA) is 94.0 Å². The number of carbonyl (C=O) groups excluding carboxylic acids is 1. The summed E-state index contributed by atoms with van der Waals surface area (Å²) >= 11 is 0. The first-order chi connectivity index (χ1) is 15.5. The lowest BCUT2D eigenvalue weighted by Gasteiger charge is -2.28. The van der Waals surface area contributed by atoms with Gasteiger partial charge < -0.3 is 15.4 Å². The van der Waals surface area contributed by atoms with Gasteiger partial charge in [-0.25, -0.2) is 0 Å². The van der Waals surface area contributed by atoms with Crippen molar-refractivity contribution in [2.75, 3.05) is 17.2 Å². The van der Waals surface area contributed by atoms with Gasteiger partial charge in [0.15, 0.2) is 0 Å². The quantitative estimate of drug-likeness (QED) is 0.538. The average molecular weight is 433 g/mol. The number of hydrogen-bond donors (Lipinski definition) is 2. The van der Waals surface area contributed by atoms with Gasteiger partial charge in [0, 0.05) is 11.4 Å². The molecule has 0 radical (unpaired) electrons. The van der Waals surface area contributed by atoms with E-state index in [9.17, 15) is 4.79 Å². The molecule has 0 saturated carbocycles. The molecule has 1 aliphatic heterocycles. The number of carbonyl (C=O) groups is 1. The maximum atomic E-state index is 13.5. The smallest absolute Gasteiger partial charge is 0.255 e. The average Bonchev–Trinajstić information content (AvgIpc) is 3.23. The monoisotopic (exact) mass is 432 g/mol. The summed E-state index contributed by atoms with van der Waals surface area (Å²) in [5.74, 6) is 1.10. The number of hydrogen-bond acceptors (Lipinski definition) is 6. The molecule has 3 aromatic rings. The second kappa shape index (κ2) is 9.21. The van der Waals surface area contributed by atoms with Gasteiger partial charge in [0.2, 0.25) is 5.95 Å². The number of aromatic nitrogens is 4. The molecule has 0 bridgehead atoms. The van der Waals surface area contributed by atoms with Crippen molar-refractivity contribution in [1.29, 1.82) is 0 Å². The van der Waals surface area contributed by atoms with Crippen molar-refractivity contribution in [2.24, 2.45) is 0 Å². The number of amides is 1. The number of allylic oxidation sites excluding steroid dienone is 1. The summed E-state index contributed by atoms with van der Waals surface area (Å²) in [5, 5.41) is 18.2. The third-order valence-electron chi connectivity index (χ3n) is 5.55. The van der Waals surface area contributed by atoms with E-state index in [1.165, 1.54) is 0 Å². The minimum absolute atomic E-state index is 0.198. The summed E-state index contributed by atoms with van der Waals surface area (Å²) < 4.78 is 7.43. The van der Waals surface area contributed by atoms with Crippen LogP contribution in [0, 0.1) is 13.8 Å². The minimum Gasteiger partial charge on any atom is -0.494 e. The third kappa shape index (κ3) is 4.34. The highest BCUT2D eigenvalue weighted by atomic mass is 16.5. The molecule has 166 valence electrons. The standard InChI is InChI=1S/C24H28N6O2/c1-5-6-13-32-19-10-8-18(9-11-19)22-21(17(4)25-24-27-28-29-30(22)24)23(31)26-20-12-7-15(2)14-16(20)3/h7-12,14,22H,5-6,13H2,1-4H3,(H,26,31)(H,25,27,29). The van der Waals surface area contributed by atoms with Gasteiger partial charge in [0.25, 0.3) is 5.91 Å². The normalized spacial score (nSPS) is 15.2. The number of unbranched alkanes of at least 4 members (excludes halogenated alkanes) is 1. The van der Waals surface area contributed by atoms with Crippen molar-refractivity contribution in [1.82, 2.24) is 20.2 Å². The van der Waals surface area contributed by atoms with Gasteiger partial charge >= 0.3 is 0 Å². The second-order valence-corrected chi connectivity index (χ2v) is 8.06. The summed E-state index contributed by atoms with van der Waals surface area (Å²) in [5.41, 5.74) is 5.10. The largest absolute Gasteiger partial charge is 0.494 e. The number of ether oxygens (including phenoxy) is 1. The Morgan fingerprint density at radius 2 is 1.94 bits per heavy atom. The van der Waals surface area contributed by atoms with E-state index in [0.717, 1.165) is 41.0 Å². The third-order valence-corrected chi connectivity index (χ3v) is 5.55. The number of tetrazole rings is 1. The molecule has 4 rings (SSSR count). The van der Waals surface area contributed by atoms with Crippen molar-refractivity contribution in [3.8, 4) is 5.75 Å². The van der Waals surface area contributed by atoms with Crippen molar-refractivity contribution in [3.05, 3.63) is 70.4 Å². The van der Waals surface area contributed by atoms with Gasteiger partial charge in [-0.15, -0.1) is 0 Å². The molecule has 32 heavy (non-hydrogen) atoms. The van der Waals surface area contributed by atoms with Crippen LogP contribution in [0.4, 0.5) is 11.6 Å². The van der Waals surface area contributed by atoms with Crippen LogP contribution in [0.15, 0.2) is 53.7 Å². The fourth-order valence-electron chi connectivity index (χ4n) is 3.84. The minimum atomic E-state index is -0.461. The van der Waals surface area contributed by atoms with Crippen LogP contribution in [0.25, 0.3) is 0 Å². The fourth-order valence-corrected chi connectivity index (χ4v) is 3.84. The van der Waals surface area contributed by atoms with Crippen molar-refractivity contribution < 1.29 is 9.53 Å². The second-order valence-electron chi connectivity index (χ2n) is 8.06. The van der Waals surface area contributed by atoms with Crippen LogP contribution in [-0.4, -0.2) is 32.7 Å². The van der Waals surface area contributed by atoms with Crippen LogP contribution in [0.1, 0.15) is 49.4 Å². The molecule has 1 unspecified atom stereocenters. The number of fused-ring (bicyclic) bond motifs is 1. The molecule has 0 saturated heterocycles. The van der Waals surface area contributed by atoms with Crippen LogP contribution in [-0.2, 0) is 4.79 Å². The van der Waals surface area contributed by atoms with E-state index in [1.54, 1.807) is 4.68 Å². The first-order valence-corrected chi connectivity index (χ1v) is 10.8. The van der Waals surface area contributed by atoms with Crippen LogP contribution >= 0.6 is 0 Å². The lowest BCUT2D eigenvalue weighted by molar-refractivity contribution is -0.113. The lowest BCUT2D eigenvalue weighted by Crippen LogP contribution is -2.31. The van der Waals surface area contributed by atoms with Gasteiger partial charge in [0.1, 0.15) is 11.8 Å². The molecule has 2 N–H and O–H groups in total. The zero-order valence-electron chi connectivity index (χ0n) is 18.8. The van der Waals surface area contributed by atoms with E-state index >= 15 is 0 Å². The molecule has 0 fully saturated rings. The molecule has 1 atom stereocenters. The predicted octanol–water partition coefficient (Wildman–Crippen LogP) is 4.40. The van der Waals surface area contributed by atoms with E-state index in [0.29, 0.717) is 23.8 Å². The number of rotatable bonds is 7. The van der Waals surface area contributed by atoms with Crippen LogP contribution in [0.5, 0.6) is 5.75 Å². The molecule has 1 amide bonds. The van der Waals surface area contributed by atoms with Gasteiger partial charge in [-0.3, -0.25) is 4.79 Å². The molecule has 2 aromatic carbocycles. The molecule has 1 aliphatic rings. The Balaban J connectivity index is 1.66. The number of benzene rings is 2.